The van der Waals surface area contributed by atoms with Crippen molar-refractivity contribution in [3.8, 4) is 68.4 Å². The van der Waals surface area contributed by atoms with Gasteiger partial charge >= 0.3 is 0 Å². The molecule has 0 fully saturated rings. The summed E-state index contributed by atoms with van der Waals surface area (Å²) >= 11 is 0. The van der Waals surface area contributed by atoms with Crippen molar-refractivity contribution in [3.63, 3.8) is 0 Å². The lowest BCUT2D eigenvalue weighted by molar-refractivity contribution is 0.474. The van der Waals surface area contributed by atoms with E-state index in [1.54, 1.807) is 0 Å². The Morgan fingerprint density at radius 3 is 1.02 bits per heavy atom. The van der Waals surface area contributed by atoms with E-state index in [-0.39, 0.29) is 0 Å². The molecule has 0 unspecified atom stereocenters. The Bertz CT molecular complexity index is 5080. The zero-order valence-electron chi connectivity index (χ0n) is 49.7. The predicted octanol–water partition coefficient (Wildman–Crippen LogP) is 20.2. The molecule has 92 heavy (non-hydrogen) atoms. The zero-order valence-corrected chi connectivity index (χ0v) is 49.7. The number of hydrogen-bond acceptors (Lipinski definition) is 11. The summed E-state index contributed by atoms with van der Waals surface area (Å²) < 4.78 is 23.3. The van der Waals surface area contributed by atoms with E-state index in [1.165, 1.54) is 11.1 Å². The molecule has 12 aromatic carbocycles. The van der Waals surface area contributed by atoms with Crippen LogP contribution in [-0.2, 0) is 11.8 Å². The molecule has 0 saturated heterocycles. The van der Waals surface area contributed by atoms with Crippen LogP contribution in [0.15, 0.2) is 298 Å². The van der Waals surface area contributed by atoms with Gasteiger partial charge in [0.2, 0.25) is 0 Å². The first kappa shape index (κ1) is 52.6. The van der Waals surface area contributed by atoms with Crippen LogP contribution in [0, 0.1) is 0 Å². The molecule has 2 aromatic heterocycles. The molecule has 4 aliphatic rings. The quantitative estimate of drug-likeness (QED) is 0.131. The van der Waals surface area contributed by atoms with E-state index in [4.69, 9.17) is 34.8 Å². The van der Waals surface area contributed by atoms with Crippen LogP contribution in [0.25, 0.3) is 33.9 Å². The summed E-state index contributed by atoms with van der Waals surface area (Å²) in [7, 11) is 0. The van der Waals surface area contributed by atoms with Gasteiger partial charge in [0.05, 0.1) is 80.6 Å². The smallest absolute Gasteiger partial charge is 0.151 e. The van der Waals surface area contributed by atoms with Crippen molar-refractivity contribution >= 4 is 68.2 Å². The van der Waals surface area contributed by atoms with Crippen molar-refractivity contribution in [1.82, 2.24) is 30.0 Å². The minimum absolute atomic E-state index is 0.448. The second-order valence-electron chi connectivity index (χ2n) is 23.5. The number of fused-ring (bicyclic) bond motifs is 8. The highest BCUT2D eigenvalue weighted by atomic mass is 16.5. The standard InChI is InChI=1S/C79H54N10O3/c1-79(57-20-2-4-22-61(57)88(62-23-5-3-21-58(62)79)65-26-8-6-24-63(65)84-50-59(80-82-84)53-39-43-55(44-40-53)86-67-28-10-15-33-73(67)90-74-34-16-11-29-68(74)86)49-52-38-47-72-78(48-52)92-75-35-17-12-30-69(75)87(72)56-45-41-54(42-46-56)60-51-85(83-81-60)64-25-7-9-27-66(64)89-70-31-13-18-36-76(70)91-77-37-19-14-32-71(77)89/h2-48,50-51H,49H2,1H3. The summed E-state index contributed by atoms with van der Waals surface area (Å²) in [5.41, 5.74) is 20.2. The number of para-hydroxylation sites is 16. The maximum Gasteiger partial charge on any atom is 0.151 e. The maximum atomic E-state index is 6.87. The van der Waals surface area contributed by atoms with Gasteiger partial charge in [0.25, 0.3) is 0 Å². The second-order valence-corrected chi connectivity index (χ2v) is 23.5. The lowest BCUT2D eigenvalue weighted by Gasteiger charge is -2.44. The van der Waals surface area contributed by atoms with Crippen LogP contribution in [0.2, 0.25) is 0 Å². The highest BCUT2D eigenvalue weighted by Crippen LogP contribution is 2.57. The first-order valence-electron chi connectivity index (χ1n) is 30.7. The van der Waals surface area contributed by atoms with E-state index in [9.17, 15) is 0 Å². The summed E-state index contributed by atoms with van der Waals surface area (Å²) in [5, 5.41) is 19.0. The predicted molar refractivity (Wildman–Crippen MR) is 363 cm³/mol. The highest BCUT2D eigenvalue weighted by Gasteiger charge is 2.41. The van der Waals surface area contributed by atoms with Crippen molar-refractivity contribution in [1.29, 1.82) is 0 Å². The van der Waals surface area contributed by atoms with Gasteiger partial charge in [-0.15, -0.1) is 10.2 Å². The molecule has 18 rings (SSSR count). The first-order valence-corrected chi connectivity index (χ1v) is 30.7. The maximum absolute atomic E-state index is 6.87. The molecule has 0 N–H and O–H groups in total. The molecule has 6 heterocycles. The lowest BCUT2D eigenvalue weighted by Crippen LogP contribution is -2.35. The van der Waals surface area contributed by atoms with Crippen molar-refractivity contribution < 1.29 is 14.2 Å². The molecule has 0 saturated carbocycles. The molecular weight excluding hydrogens is 1140 g/mol. The van der Waals surface area contributed by atoms with Crippen molar-refractivity contribution in [2.75, 3.05) is 19.6 Å². The molecule has 0 bridgehead atoms. The molecule has 0 amide bonds. The van der Waals surface area contributed by atoms with Crippen molar-refractivity contribution in [3.05, 3.63) is 314 Å². The fraction of sp³-hybridized carbons (Fsp3) is 0.0380. The molecule has 438 valence electrons. The third-order valence-electron chi connectivity index (χ3n) is 18.1. The Kier molecular flexibility index (Phi) is 12.1. The van der Waals surface area contributed by atoms with E-state index in [2.05, 4.69) is 215 Å². The van der Waals surface area contributed by atoms with Gasteiger partial charge in [-0.1, -0.05) is 169 Å². The topological polar surface area (TPSA) is 102 Å². The van der Waals surface area contributed by atoms with Crippen LogP contribution in [0.4, 0.5) is 68.2 Å². The molecule has 0 aliphatic carbocycles. The van der Waals surface area contributed by atoms with Gasteiger partial charge in [0, 0.05) is 27.9 Å². The summed E-state index contributed by atoms with van der Waals surface area (Å²) in [4.78, 5) is 9.14. The van der Waals surface area contributed by atoms with E-state index in [0.29, 0.717) is 6.42 Å². The first-order chi connectivity index (χ1) is 45.5. The number of rotatable bonds is 10. The van der Waals surface area contributed by atoms with Gasteiger partial charge in [-0.2, -0.15) is 0 Å². The van der Waals surface area contributed by atoms with Gasteiger partial charge in [-0.3, -0.25) is 0 Å². The van der Waals surface area contributed by atoms with E-state index in [0.717, 1.165) is 142 Å². The largest absolute Gasteiger partial charge is 0.453 e. The number of anilines is 12. The fourth-order valence-corrected chi connectivity index (χ4v) is 13.8. The minimum atomic E-state index is -0.448. The Morgan fingerprint density at radius 1 is 0.293 bits per heavy atom. The van der Waals surface area contributed by atoms with Crippen LogP contribution in [0.1, 0.15) is 23.6 Å². The number of benzene rings is 12. The Hall–Kier alpha value is -12.5. The summed E-state index contributed by atoms with van der Waals surface area (Å²) in [5.74, 6) is 4.76. The second kappa shape index (κ2) is 21.1. The van der Waals surface area contributed by atoms with Gasteiger partial charge in [-0.05, 0) is 157 Å². The molecule has 14 aromatic rings. The molecule has 0 spiro atoms. The average molecular weight is 1190 g/mol. The monoisotopic (exact) mass is 1190 g/mol. The number of hydrogen-bond donors (Lipinski definition) is 0. The normalized spacial score (nSPS) is 13.6. The van der Waals surface area contributed by atoms with Crippen LogP contribution in [0.5, 0.6) is 34.5 Å². The van der Waals surface area contributed by atoms with E-state index < -0.39 is 5.41 Å². The summed E-state index contributed by atoms with van der Waals surface area (Å²) in [6.45, 7) is 2.38. The Morgan fingerprint density at radius 2 is 0.609 bits per heavy atom. The van der Waals surface area contributed by atoms with Gasteiger partial charge in [0.15, 0.2) is 34.5 Å². The molecule has 0 atom stereocenters. The fourth-order valence-electron chi connectivity index (χ4n) is 13.8. The van der Waals surface area contributed by atoms with Crippen LogP contribution >= 0.6 is 0 Å². The minimum Gasteiger partial charge on any atom is -0.453 e. The molecular formula is C79H54N10O3. The Balaban J connectivity index is 0.635. The van der Waals surface area contributed by atoms with Gasteiger partial charge in [-0.25, -0.2) is 9.36 Å². The third-order valence-corrected chi connectivity index (χ3v) is 18.1. The van der Waals surface area contributed by atoms with E-state index in [1.807, 2.05) is 119 Å². The Labute approximate surface area is 530 Å². The zero-order chi connectivity index (χ0) is 60.9. The van der Waals surface area contributed by atoms with Crippen molar-refractivity contribution in [2.24, 2.45) is 0 Å². The summed E-state index contributed by atoms with van der Waals surface area (Å²) in [6.07, 6.45) is 4.72. The highest BCUT2D eigenvalue weighted by molar-refractivity contribution is 5.93. The summed E-state index contributed by atoms with van der Waals surface area (Å²) in [6, 6.07) is 98.8. The SMILES string of the molecule is CC1(Cc2ccc3c(c2)Oc2ccccc2N3c2ccc(-c3cn(-c4ccccc4N4c5ccccc5Oc5ccccc54)nn3)cc2)c2ccccc2N(c2ccccc2-n2cc(-c3ccc(N4c5ccccc5Oc5ccccc54)cc3)nn2)c2ccccc21. The third kappa shape index (κ3) is 8.54. The van der Waals surface area contributed by atoms with Crippen molar-refractivity contribution in [2.45, 2.75) is 18.8 Å². The van der Waals surface area contributed by atoms with Gasteiger partial charge < -0.3 is 33.8 Å². The lowest BCUT2D eigenvalue weighted by atomic mass is 9.68. The molecule has 4 aliphatic heterocycles. The average Bonchev–Trinajstić information content (AvgIpc) is 0.868. The molecule has 13 nitrogen and oxygen atoms in total. The van der Waals surface area contributed by atoms with Crippen LogP contribution in [-0.4, -0.2) is 30.0 Å². The molecule has 0 radical (unpaired) electrons. The van der Waals surface area contributed by atoms with Crippen LogP contribution < -0.4 is 33.8 Å². The molecule has 13 heteroatoms. The van der Waals surface area contributed by atoms with Gasteiger partial charge in [0.1, 0.15) is 11.4 Å². The van der Waals surface area contributed by atoms with E-state index >= 15 is 0 Å². The number of nitrogens with zero attached hydrogens (tertiary/aromatic N) is 10. The van der Waals surface area contributed by atoms with Crippen LogP contribution in [0.3, 0.4) is 0 Å². The number of ether oxygens (including phenoxy) is 3. The number of aromatic nitrogens is 6.